The molecule has 0 aromatic carbocycles. The Morgan fingerprint density at radius 1 is 1.14 bits per heavy atom. The minimum Gasteiger partial charge on any atom is -0.448 e. The van der Waals surface area contributed by atoms with Crippen molar-refractivity contribution in [1.82, 2.24) is 5.32 Å². The van der Waals surface area contributed by atoms with Crippen LogP contribution in [0.4, 0.5) is 0 Å². The van der Waals surface area contributed by atoms with Gasteiger partial charge >= 0.3 is 0 Å². The van der Waals surface area contributed by atoms with Gasteiger partial charge in [0.2, 0.25) is 0 Å². The number of carbonyl (C=O) groups is 1. The molecule has 5 aliphatic rings. The molecule has 4 saturated carbocycles. The van der Waals surface area contributed by atoms with Gasteiger partial charge in [-0.3, -0.25) is 10.1 Å². The Bertz CT molecular complexity index is 476. The first-order valence-electron chi connectivity index (χ1n) is 8.49. The Kier molecular flexibility index (Phi) is 2.74. The third-order valence-corrected chi connectivity index (χ3v) is 6.43. The number of carbonyl (C=O) groups excluding carboxylic acids is 1. The van der Waals surface area contributed by atoms with Crippen LogP contribution in [0.15, 0.2) is 4.99 Å². The third kappa shape index (κ3) is 2.01. The van der Waals surface area contributed by atoms with Crippen molar-refractivity contribution in [2.75, 3.05) is 0 Å². The normalized spacial score (nSPS) is 49.8. The molecule has 0 radical (unpaired) electrons. The summed E-state index contributed by atoms with van der Waals surface area (Å²) in [6, 6.07) is 0.484. The predicted octanol–water partition coefficient (Wildman–Crippen LogP) is 2.87. The molecule has 4 nitrogen and oxygen atoms in total. The molecule has 1 atom stereocenters. The van der Waals surface area contributed by atoms with E-state index >= 15 is 0 Å². The first kappa shape index (κ1) is 13.6. The molecule has 0 unspecified atom stereocenters. The van der Waals surface area contributed by atoms with E-state index in [1.807, 2.05) is 20.8 Å². The van der Waals surface area contributed by atoms with Crippen LogP contribution in [0.25, 0.3) is 0 Å². The number of rotatable bonds is 2. The standard InChI is InChI=1S/C17H26N2O2/c1-10(2)16(3)14(20)18-15(21-16)19-17-7-11-4-12(8-17)6-13(5-11)9-17/h10-13H,4-9H2,1-3H3,(H,18,19,20)/t11?,12?,13?,16-,17?/m1/s1. The summed E-state index contributed by atoms with van der Waals surface area (Å²) in [5, 5.41) is 2.89. The van der Waals surface area contributed by atoms with Gasteiger partial charge in [0.25, 0.3) is 11.9 Å². The molecule has 5 fully saturated rings. The van der Waals surface area contributed by atoms with Crippen LogP contribution in [-0.4, -0.2) is 23.1 Å². The largest absolute Gasteiger partial charge is 0.448 e. The van der Waals surface area contributed by atoms with Gasteiger partial charge in [0.05, 0.1) is 5.54 Å². The van der Waals surface area contributed by atoms with Crippen molar-refractivity contribution in [3.8, 4) is 0 Å². The molecule has 0 spiro atoms. The highest BCUT2D eigenvalue weighted by atomic mass is 16.5. The van der Waals surface area contributed by atoms with E-state index in [0.717, 1.165) is 17.8 Å². The quantitative estimate of drug-likeness (QED) is 0.850. The summed E-state index contributed by atoms with van der Waals surface area (Å²) in [7, 11) is 0. The molecule has 4 aliphatic carbocycles. The van der Waals surface area contributed by atoms with Crippen molar-refractivity contribution in [2.45, 2.75) is 70.4 Å². The van der Waals surface area contributed by atoms with Gasteiger partial charge < -0.3 is 4.74 Å². The number of amidine groups is 1. The average molecular weight is 290 g/mol. The first-order chi connectivity index (χ1) is 9.88. The van der Waals surface area contributed by atoms with Crippen LogP contribution in [0.5, 0.6) is 0 Å². The van der Waals surface area contributed by atoms with Crippen molar-refractivity contribution >= 4 is 11.9 Å². The molecule has 4 heteroatoms. The van der Waals surface area contributed by atoms with Gasteiger partial charge in [-0.25, -0.2) is 4.99 Å². The fraction of sp³-hybridized carbons (Fsp3) is 0.882. The summed E-state index contributed by atoms with van der Waals surface area (Å²) in [6.07, 6.45) is 7.80. The van der Waals surface area contributed by atoms with E-state index < -0.39 is 5.60 Å². The Morgan fingerprint density at radius 3 is 2.10 bits per heavy atom. The van der Waals surface area contributed by atoms with E-state index in [-0.39, 0.29) is 17.4 Å². The van der Waals surface area contributed by atoms with Crippen LogP contribution >= 0.6 is 0 Å². The third-order valence-electron chi connectivity index (χ3n) is 6.43. The summed E-state index contributed by atoms with van der Waals surface area (Å²) in [6.45, 7) is 5.91. The monoisotopic (exact) mass is 290 g/mol. The SMILES string of the molecule is CC(C)[C@@]1(C)OC(=NC23CC4CC(CC(C4)C2)C3)NC1=O. The highest BCUT2D eigenvalue weighted by Crippen LogP contribution is 2.57. The van der Waals surface area contributed by atoms with Crippen molar-refractivity contribution in [3.63, 3.8) is 0 Å². The Morgan fingerprint density at radius 2 is 1.67 bits per heavy atom. The highest BCUT2D eigenvalue weighted by Gasteiger charge is 2.53. The lowest BCUT2D eigenvalue weighted by molar-refractivity contribution is -0.132. The van der Waals surface area contributed by atoms with Gasteiger partial charge in [-0.1, -0.05) is 13.8 Å². The minimum absolute atomic E-state index is 0.0408. The zero-order valence-electron chi connectivity index (χ0n) is 13.3. The number of nitrogens with zero attached hydrogens (tertiary/aromatic N) is 1. The molecule has 5 rings (SSSR count). The molecule has 1 amide bonds. The molecule has 1 saturated heterocycles. The summed E-state index contributed by atoms with van der Waals surface area (Å²) < 4.78 is 5.95. The van der Waals surface area contributed by atoms with Crippen LogP contribution in [-0.2, 0) is 9.53 Å². The Hall–Kier alpha value is -1.06. The Balaban J connectivity index is 1.60. The number of hydrogen-bond acceptors (Lipinski definition) is 3. The fourth-order valence-corrected chi connectivity index (χ4v) is 5.34. The van der Waals surface area contributed by atoms with Gasteiger partial charge in [0.15, 0.2) is 5.60 Å². The topological polar surface area (TPSA) is 50.7 Å². The van der Waals surface area contributed by atoms with Crippen molar-refractivity contribution in [3.05, 3.63) is 0 Å². The van der Waals surface area contributed by atoms with Gasteiger partial charge in [-0.05, 0) is 63.2 Å². The van der Waals surface area contributed by atoms with E-state index in [2.05, 4.69) is 5.32 Å². The van der Waals surface area contributed by atoms with E-state index in [9.17, 15) is 4.79 Å². The van der Waals surface area contributed by atoms with Crippen LogP contribution in [0.2, 0.25) is 0 Å². The molecule has 1 N–H and O–H groups in total. The number of hydrogen-bond donors (Lipinski definition) is 1. The van der Waals surface area contributed by atoms with Crippen molar-refractivity contribution in [2.24, 2.45) is 28.7 Å². The second kappa shape index (κ2) is 4.23. The molecule has 4 bridgehead atoms. The highest BCUT2D eigenvalue weighted by molar-refractivity contribution is 6.04. The lowest BCUT2D eigenvalue weighted by Gasteiger charge is -2.54. The maximum atomic E-state index is 12.2. The molecule has 0 aromatic rings. The fourth-order valence-electron chi connectivity index (χ4n) is 5.34. The first-order valence-corrected chi connectivity index (χ1v) is 8.49. The van der Waals surface area contributed by atoms with E-state index in [4.69, 9.17) is 9.73 Å². The number of aliphatic imine (C=N–C) groups is 1. The molecule has 1 heterocycles. The molecule has 21 heavy (non-hydrogen) atoms. The zero-order chi connectivity index (χ0) is 14.8. The van der Waals surface area contributed by atoms with E-state index in [0.29, 0.717) is 6.02 Å². The minimum atomic E-state index is -0.763. The number of amides is 1. The second-order valence-corrected chi connectivity index (χ2v) is 8.38. The van der Waals surface area contributed by atoms with E-state index in [1.165, 1.54) is 38.5 Å². The number of nitrogens with one attached hydrogen (secondary N) is 1. The van der Waals surface area contributed by atoms with Gasteiger partial charge in [-0.2, -0.15) is 0 Å². The summed E-state index contributed by atoms with van der Waals surface area (Å²) in [5.74, 6) is 2.67. The van der Waals surface area contributed by atoms with Gasteiger partial charge in [-0.15, -0.1) is 0 Å². The van der Waals surface area contributed by atoms with Crippen molar-refractivity contribution in [1.29, 1.82) is 0 Å². The molecule has 1 aliphatic heterocycles. The molecular weight excluding hydrogens is 264 g/mol. The molecule has 116 valence electrons. The average Bonchev–Trinajstić information content (AvgIpc) is 2.62. The van der Waals surface area contributed by atoms with E-state index in [1.54, 1.807) is 0 Å². The lowest BCUT2D eigenvalue weighted by Crippen LogP contribution is -2.50. The van der Waals surface area contributed by atoms with Gasteiger partial charge in [0, 0.05) is 5.92 Å². The molecule has 0 aromatic heterocycles. The lowest BCUT2D eigenvalue weighted by atomic mass is 9.53. The molecular formula is C17H26N2O2. The van der Waals surface area contributed by atoms with Gasteiger partial charge in [0.1, 0.15) is 0 Å². The van der Waals surface area contributed by atoms with Crippen LogP contribution < -0.4 is 5.32 Å². The second-order valence-electron chi connectivity index (χ2n) is 8.38. The summed E-state index contributed by atoms with van der Waals surface area (Å²) in [5.41, 5.74) is -0.708. The zero-order valence-corrected chi connectivity index (χ0v) is 13.3. The van der Waals surface area contributed by atoms with Crippen LogP contribution in [0, 0.1) is 23.7 Å². The number of ether oxygens (including phenoxy) is 1. The summed E-state index contributed by atoms with van der Waals surface area (Å²) in [4.78, 5) is 17.2. The maximum absolute atomic E-state index is 12.2. The maximum Gasteiger partial charge on any atom is 0.293 e. The van der Waals surface area contributed by atoms with Crippen LogP contribution in [0.3, 0.4) is 0 Å². The van der Waals surface area contributed by atoms with Crippen molar-refractivity contribution < 1.29 is 9.53 Å². The predicted molar refractivity (Wildman–Crippen MR) is 80.8 cm³/mol. The van der Waals surface area contributed by atoms with Crippen LogP contribution in [0.1, 0.15) is 59.3 Å². The summed E-state index contributed by atoms with van der Waals surface area (Å²) >= 11 is 0. The Labute approximate surface area is 126 Å². The smallest absolute Gasteiger partial charge is 0.293 e.